The fraction of sp³-hybridized carbons (Fsp3) is 0.200. The van der Waals surface area contributed by atoms with Crippen molar-refractivity contribution in [3.05, 3.63) is 65.5 Å². The molecule has 102 valence electrons. The minimum Gasteiger partial charge on any atom is -0.496 e. The van der Waals surface area contributed by atoms with Crippen LogP contribution in [0.2, 0.25) is 0 Å². The Bertz CT molecular complexity index is 502. The zero-order valence-electron chi connectivity index (χ0n) is 10.7. The van der Waals surface area contributed by atoms with Crippen molar-refractivity contribution in [3.63, 3.8) is 0 Å². The number of nitrogens with one attached hydrogen (secondary N) is 1. The fourth-order valence-electron chi connectivity index (χ4n) is 1.79. The summed E-state index contributed by atoms with van der Waals surface area (Å²) in [4.78, 5) is 0. The van der Waals surface area contributed by atoms with Crippen molar-refractivity contribution in [3.8, 4) is 5.75 Å². The third-order valence-corrected chi connectivity index (χ3v) is 2.75. The topological polar surface area (TPSA) is 21.3 Å². The quantitative estimate of drug-likeness (QED) is 0.905. The third-order valence-electron chi connectivity index (χ3n) is 2.75. The summed E-state index contributed by atoms with van der Waals surface area (Å²) in [6, 6.07) is 14.4. The molecule has 0 amide bonds. The van der Waals surface area contributed by atoms with Crippen molar-refractivity contribution in [1.82, 2.24) is 5.32 Å². The Kier molecular flexibility index (Phi) is 6.53. The van der Waals surface area contributed by atoms with Gasteiger partial charge in [0, 0.05) is 18.7 Å². The lowest BCUT2D eigenvalue weighted by Crippen LogP contribution is -2.13. The molecule has 0 aliphatic rings. The monoisotopic (exact) mass is 325 g/mol. The van der Waals surface area contributed by atoms with Crippen molar-refractivity contribution in [2.45, 2.75) is 13.1 Å². The number of benzene rings is 2. The lowest BCUT2D eigenvalue weighted by Gasteiger charge is -2.09. The van der Waals surface area contributed by atoms with Crippen LogP contribution in [0.1, 0.15) is 11.1 Å². The van der Waals surface area contributed by atoms with Gasteiger partial charge in [0.2, 0.25) is 0 Å². The summed E-state index contributed by atoms with van der Waals surface area (Å²) < 4.78 is 18.0. The van der Waals surface area contributed by atoms with Gasteiger partial charge in [-0.2, -0.15) is 0 Å². The molecule has 0 atom stereocenters. The van der Waals surface area contributed by atoms with E-state index in [-0.39, 0.29) is 22.8 Å². The van der Waals surface area contributed by atoms with E-state index >= 15 is 0 Å². The largest absolute Gasteiger partial charge is 0.496 e. The molecule has 2 rings (SSSR count). The fourth-order valence-corrected chi connectivity index (χ4v) is 1.79. The van der Waals surface area contributed by atoms with Crippen LogP contribution in [0, 0.1) is 5.82 Å². The first-order valence-electron chi connectivity index (χ1n) is 5.86. The number of para-hydroxylation sites is 1. The Morgan fingerprint density at radius 2 is 1.68 bits per heavy atom. The Labute approximate surface area is 123 Å². The Morgan fingerprint density at radius 1 is 1.00 bits per heavy atom. The second kappa shape index (κ2) is 7.92. The molecule has 0 radical (unpaired) electrons. The van der Waals surface area contributed by atoms with E-state index in [0.29, 0.717) is 6.54 Å². The first kappa shape index (κ1) is 15.7. The predicted molar refractivity (Wildman–Crippen MR) is 80.3 cm³/mol. The molecular weight excluding hydrogens is 309 g/mol. The molecule has 0 heterocycles. The first-order valence-corrected chi connectivity index (χ1v) is 5.86. The number of halogens is 2. The maximum Gasteiger partial charge on any atom is 0.123 e. The van der Waals surface area contributed by atoms with Crippen LogP contribution in [0.4, 0.5) is 4.39 Å². The van der Waals surface area contributed by atoms with Crippen LogP contribution < -0.4 is 10.1 Å². The van der Waals surface area contributed by atoms with E-state index in [2.05, 4.69) is 5.32 Å². The molecule has 19 heavy (non-hydrogen) atoms. The highest BCUT2D eigenvalue weighted by atomic mass is 79.9. The normalized spacial score (nSPS) is 9.79. The van der Waals surface area contributed by atoms with Gasteiger partial charge in [-0.15, -0.1) is 17.0 Å². The standard InChI is InChI=1S/C15H16FNO.BrH/c1-18-15-5-3-2-4-13(15)11-17-10-12-6-8-14(16)9-7-12;/h2-9,17H,10-11H2,1H3;1H. The van der Waals surface area contributed by atoms with Gasteiger partial charge >= 0.3 is 0 Å². The van der Waals surface area contributed by atoms with Crippen LogP contribution in [-0.4, -0.2) is 7.11 Å². The van der Waals surface area contributed by atoms with E-state index in [1.807, 2.05) is 24.3 Å². The van der Waals surface area contributed by atoms with Gasteiger partial charge in [-0.1, -0.05) is 30.3 Å². The Morgan fingerprint density at radius 3 is 2.37 bits per heavy atom. The number of methoxy groups -OCH3 is 1. The van der Waals surface area contributed by atoms with Gasteiger partial charge in [-0.25, -0.2) is 4.39 Å². The molecule has 4 heteroatoms. The lowest BCUT2D eigenvalue weighted by molar-refractivity contribution is 0.407. The summed E-state index contributed by atoms with van der Waals surface area (Å²) in [5, 5.41) is 3.31. The molecule has 0 aliphatic heterocycles. The molecule has 0 bridgehead atoms. The van der Waals surface area contributed by atoms with Gasteiger partial charge in [-0.05, 0) is 23.8 Å². The van der Waals surface area contributed by atoms with E-state index in [9.17, 15) is 4.39 Å². The summed E-state index contributed by atoms with van der Waals surface area (Å²) in [6.45, 7) is 1.43. The third kappa shape index (κ3) is 4.65. The average molecular weight is 326 g/mol. The number of rotatable bonds is 5. The molecule has 0 spiro atoms. The van der Waals surface area contributed by atoms with Crippen molar-refractivity contribution in [1.29, 1.82) is 0 Å². The van der Waals surface area contributed by atoms with Crippen LogP contribution in [0.25, 0.3) is 0 Å². The highest BCUT2D eigenvalue weighted by Crippen LogP contribution is 2.16. The lowest BCUT2D eigenvalue weighted by atomic mass is 10.2. The van der Waals surface area contributed by atoms with Gasteiger partial charge in [0.15, 0.2) is 0 Å². The maximum atomic E-state index is 12.7. The summed E-state index contributed by atoms with van der Waals surface area (Å²) in [6.07, 6.45) is 0. The zero-order chi connectivity index (χ0) is 12.8. The van der Waals surface area contributed by atoms with Gasteiger partial charge in [0.25, 0.3) is 0 Å². The van der Waals surface area contributed by atoms with Gasteiger partial charge in [0.1, 0.15) is 11.6 Å². The minimum absolute atomic E-state index is 0. The second-order valence-corrected chi connectivity index (χ2v) is 4.04. The zero-order valence-corrected chi connectivity index (χ0v) is 12.4. The molecule has 0 aliphatic carbocycles. The van der Waals surface area contributed by atoms with Crippen molar-refractivity contribution >= 4 is 17.0 Å². The average Bonchev–Trinajstić information content (AvgIpc) is 2.41. The molecule has 2 aromatic rings. The molecule has 0 saturated carbocycles. The van der Waals surface area contributed by atoms with Crippen LogP contribution in [-0.2, 0) is 13.1 Å². The molecule has 0 aromatic heterocycles. The number of hydrogen-bond donors (Lipinski definition) is 1. The van der Waals surface area contributed by atoms with Crippen molar-refractivity contribution in [2.24, 2.45) is 0 Å². The van der Waals surface area contributed by atoms with Gasteiger partial charge in [0.05, 0.1) is 7.11 Å². The van der Waals surface area contributed by atoms with Crippen molar-refractivity contribution in [2.75, 3.05) is 7.11 Å². The van der Waals surface area contributed by atoms with Crippen LogP contribution in [0.3, 0.4) is 0 Å². The molecular formula is C15H17BrFNO. The Balaban J connectivity index is 0.00000180. The molecule has 0 fully saturated rings. The van der Waals surface area contributed by atoms with E-state index in [4.69, 9.17) is 4.74 Å². The van der Waals surface area contributed by atoms with E-state index in [1.54, 1.807) is 19.2 Å². The van der Waals surface area contributed by atoms with Gasteiger partial charge in [-0.3, -0.25) is 0 Å². The minimum atomic E-state index is -0.205. The molecule has 2 nitrogen and oxygen atoms in total. The molecule has 0 saturated heterocycles. The summed E-state index contributed by atoms with van der Waals surface area (Å²) >= 11 is 0. The first-order chi connectivity index (χ1) is 8.79. The molecule has 0 unspecified atom stereocenters. The summed E-state index contributed by atoms with van der Waals surface area (Å²) in [5.41, 5.74) is 2.17. The van der Waals surface area contributed by atoms with Crippen LogP contribution in [0.5, 0.6) is 5.75 Å². The smallest absolute Gasteiger partial charge is 0.123 e. The van der Waals surface area contributed by atoms with Crippen LogP contribution in [0.15, 0.2) is 48.5 Å². The molecule has 1 N–H and O–H groups in total. The van der Waals surface area contributed by atoms with Crippen molar-refractivity contribution < 1.29 is 9.13 Å². The van der Waals surface area contributed by atoms with Gasteiger partial charge < -0.3 is 10.1 Å². The van der Waals surface area contributed by atoms with E-state index in [0.717, 1.165) is 23.4 Å². The maximum absolute atomic E-state index is 12.7. The molecule has 2 aromatic carbocycles. The Hall–Kier alpha value is -1.39. The summed E-state index contributed by atoms with van der Waals surface area (Å²) in [5.74, 6) is 0.674. The van der Waals surface area contributed by atoms with E-state index in [1.165, 1.54) is 12.1 Å². The highest BCUT2D eigenvalue weighted by molar-refractivity contribution is 8.93. The second-order valence-electron chi connectivity index (χ2n) is 4.04. The predicted octanol–water partition coefficient (Wildman–Crippen LogP) is 3.70. The number of hydrogen-bond acceptors (Lipinski definition) is 2. The van der Waals surface area contributed by atoms with E-state index < -0.39 is 0 Å². The van der Waals surface area contributed by atoms with Crippen LogP contribution >= 0.6 is 17.0 Å². The highest BCUT2D eigenvalue weighted by Gasteiger charge is 2.00. The number of ether oxygens (including phenoxy) is 1. The SMILES string of the molecule is Br.COc1ccccc1CNCc1ccc(F)cc1. The summed E-state index contributed by atoms with van der Waals surface area (Å²) in [7, 11) is 1.67.